The Hall–Kier alpha value is -1.33. The van der Waals surface area contributed by atoms with E-state index < -0.39 is 0 Å². The Bertz CT molecular complexity index is 602. The minimum absolute atomic E-state index is 0.0779. The molecule has 1 aliphatic heterocycles. The van der Waals surface area contributed by atoms with Gasteiger partial charge in [-0.15, -0.1) is 0 Å². The van der Waals surface area contributed by atoms with Gasteiger partial charge in [0, 0.05) is 17.5 Å². The summed E-state index contributed by atoms with van der Waals surface area (Å²) in [7, 11) is 3.37. The SMILES string of the molecule is CCCC1(CCN(CC)CC)CNC(=S)c2cc(OC)c(OC)cc21. The van der Waals surface area contributed by atoms with E-state index in [1.165, 1.54) is 5.56 Å². The molecule has 0 radical (unpaired) electrons. The van der Waals surface area contributed by atoms with E-state index in [4.69, 9.17) is 21.7 Å². The third kappa shape index (κ3) is 4.09. The van der Waals surface area contributed by atoms with Gasteiger partial charge in [0.1, 0.15) is 4.99 Å². The molecule has 1 aromatic carbocycles. The van der Waals surface area contributed by atoms with Crippen molar-refractivity contribution in [2.45, 2.75) is 45.4 Å². The normalized spacial score (nSPS) is 19.5. The molecule has 0 bridgehead atoms. The molecule has 140 valence electrons. The Morgan fingerprint density at radius 3 is 2.28 bits per heavy atom. The van der Waals surface area contributed by atoms with E-state index in [0.29, 0.717) is 0 Å². The first kappa shape index (κ1) is 20.0. The minimum Gasteiger partial charge on any atom is -0.493 e. The van der Waals surface area contributed by atoms with Gasteiger partial charge >= 0.3 is 0 Å². The quantitative estimate of drug-likeness (QED) is 0.675. The Morgan fingerprint density at radius 2 is 1.72 bits per heavy atom. The number of nitrogens with zero attached hydrogens (tertiary/aromatic N) is 1. The van der Waals surface area contributed by atoms with Gasteiger partial charge in [-0.2, -0.15) is 0 Å². The van der Waals surface area contributed by atoms with Gasteiger partial charge in [-0.1, -0.05) is 39.4 Å². The number of hydrogen-bond acceptors (Lipinski definition) is 4. The number of rotatable bonds is 9. The fourth-order valence-corrected chi connectivity index (χ4v) is 4.15. The summed E-state index contributed by atoms with van der Waals surface area (Å²) in [4.78, 5) is 3.30. The molecule has 0 amide bonds. The van der Waals surface area contributed by atoms with Crippen LogP contribution in [0.5, 0.6) is 11.5 Å². The number of nitrogens with one attached hydrogen (secondary N) is 1. The first-order chi connectivity index (χ1) is 12.0. The van der Waals surface area contributed by atoms with Crippen molar-refractivity contribution in [3.8, 4) is 11.5 Å². The van der Waals surface area contributed by atoms with Crippen molar-refractivity contribution in [2.24, 2.45) is 0 Å². The van der Waals surface area contributed by atoms with Crippen LogP contribution in [0, 0.1) is 0 Å². The highest BCUT2D eigenvalue weighted by Crippen LogP contribution is 2.42. The standard InChI is InChI=1S/C20H32N2O2S/c1-6-9-20(10-11-22(7-2)8-3)14-21-19(25)15-12-17(23-4)18(24-5)13-16(15)20/h12-13H,6-11,14H2,1-5H3,(H,21,25). The summed E-state index contributed by atoms with van der Waals surface area (Å²) < 4.78 is 11.1. The van der Waals surface area contributed by atoms with E-state index in [2.05, 4.69) is 37.1 Å². The number of ether oxygens (including phenoxy) is 2. The van der Waals surface area contributed by atoms with Gasteiger partial charge in [0.2, 0.25) is 0 Å². The monoisotopic (exact) mass is 364 g/mol. The van der Waals surface area contributed by atoms with Gasteiger partial charge in [0.05, 0.1) is 14.2 Å². The zero-order valence-electron chi connectivity index (χ0n) is 16.3. The lowest BCUT2D eigenvalue weighted by atomic mass is 9.70. The fourth-order valence-electron chi connectivity index (χ4n) is 3.91. The average molecular weight is 365 g/mol. The maximum absolute atomic E-state index is 5.60. The summed E-state index contributed by atoms with van der Waals surface area (Å²) in [6, 6.07) is 4.18. The third-order valence-corrected chi connectivity index (χ3v) is 5.82. The van der Waals surface area contributed by atoms with E-state index in [9.17, 15) is 0 Å². The van der Waals surface area contributed by atoms with Crippen LogP contribution in [0.15, 0.2) is 12.1 Å². The Morgan fingerprint density at radius 1 is 1.08 bits per heavy atom. The second kappa shape index (κ2) is 8.86. The summed E-state index contributed by atoms with van der Waals surface area (Å²) in [6.07, 6.45) is 3.38. The molecule has 1 atom stereocenters. The lowest BCUT2D eigenvalue weighted by Gasteiger charge is -2.41. The summed E-state index contributed by atoms with van der Waals surface area (Å²) in [5.41, 5.74) is 2.48. The molecule has 1 heterocycles. The van der Waals surface area contributed by atoms with Crippen molar-refractivity contribution in [2.75, 3.05) is 40.4 Å². The van der Waals surface area contributed by atoms with Crippen molar-refractivity contribution in [1.29, 1.82) is 0 Å². The van der Waals surface area contributed by atoms with Crippen LogP contribution in [-0.4, -0.2) is 50.3 Å². The maximum Gasteiger partial charge on any atom is 0.161 e. The Kier molecular flexibility index (Phi) is 7.08. The first-order valence-electron chi connectivity index (χ1n) is 9.32. The molecule has 0 aromatic heterocycles. The molecule has 25 heavy (non-hydrogen) atoms. The molecule has 0 spiro atoms. The highest BCUT2D eigenvalue weighted by molar-refractivity contribution is 7.80. The molecule has 0 aliphatic carbocycles. The molecular formula is C20H32N2O2S. The second-order valence-electron chi connectivity index (χ2n) is 6.74. The second-order valence-corrected chi connectivity index (χ2v) is 7.15. The number of hydrogen-bond donors (Lipinski definition) is 1. The molecule has 0 fully saturated rings. The predicted octanol–water partition coefficient (Wildman–Crippen LogP) is 3.75. The van der Waals surface area contributed by atoms with Crippen LogP contribution >= 0.6 is 12.2 Å². The number of thiocarbonyl (C=S) groups is 1. The Balaban J connectivity index is 2.48. The van der Waals surface area contributed by atoms with Gasteiger partial charge < -0.3 is 19.7 Å². The summed E-state index contributed by atoms with van der Waals surface area (Å²) in [5.74, 6) is 1.52. The largest absolute Gasteiger partial charge is 0.493 e. The molecular weight excluding hydrogens is 332 g/mol. The van der Waals surface area contributed by atoms with Gasteiger partial charge in [0.15, 0.2) is 11.5 Å². The van der Waals surface area contributed by atoms with Crippen LogP contribution in [0.2, 0.25) is 0 Å². The third-order valence-electron chi connectivity index (χ3n) is 5.46. The van der Waals surface area contributed by atoms with Crippen LogP contribution < -0.4 is 14.8 Å². The summed E-state index contributed by atoms with van der Waals surface area (Å²) in [6.45, 7) is 10.9. The van der Waals surface area contributed by atoms with Crippen molar-refractivity contribution in [1.82, 2.24) is 10.2 Å². The topological polar surface area (TPSA) is 33.7 Å². The van der Waals surface area contributed by atoms with Crippen molar-refractivity contribution in [3.63, 3.8) is 0 Å². The molecule has 1 aromatic rings. The Labute approximate surface area is 157 Å². The fraction of sp³-hybridized carbons (Fsp3) is 0.650. The van der Waals surface area contributed by atoms with E-state index in [-0.39, 0.29) is 5.41 Å². The van der Waals surface area contributed by atoms with E-state index >= 15 is 0 Å². The highest BCUT2D eigenvalue weighted by atomic mass is 32.1. The van der Waals surface area contributed by atoms with Gasteiger partial charge in [-0.3, -0.25) is 0 Å². The lowest BCUT2D eigenvalue weighted by Crippen LogP contribution is -2.48. The molecule has 4 nitrogen and oxygen atoms in total. The van der Waals surface area contributed by atoms with Crippen molar-refractivity contribution < 1.29 is 9.47 Å². The van der Waals surface area contributed by atoms with Crippen LogP contribution in [0.3, 0.4) is 0 Å². The van der Waals surface area contributed by atoms with E-state index in [1.807, 2.05) is 6.07 Å². The summed E-state index contributed by atoms with van der Waals surface area (Å²) in [5, 5.41) is 3.48. The number of methoxy groups -OCH3 is 2. The van der Waals surface area contributed by atoms with Crippen molar-refractivity contribution in [3.05, 3.63) is 23.3 Å². The van der Waals surface area contributed by atoms with Gasteiger partial charge in [-0.05, 0) is 50.2 Å². The molecule has 5 heteroatoms. The molecule has 1 unspecified atom stereocenters. The number of benzene rings is 1. The zero-order valence-corrected chi connectivity index (χ0v) is 17.1. The molecule has 0 saturated heterocycles. The van der Waals surface area contributed by atoms with E-state index in [1.54, 1.807) is 14.2 Å². The van der Waals surface area contributed by atoms with Crippen molar-refractivity contribution >= 4 is 17.2 Å². The average Bonchev–Trinajstić information content (AvgIpc) is 2.64. The molecule has 2 rings (SSSR count). The van der Waals surface area contributed by atoms with E-state index in [0.717, 1.165) is 67.5 Å². The zero-order chi connectivity index (χ0) is 18.4. The van der Waals surface area contributed by atoms with Crippen LogP contribution in [0.25, 0.3) is 0 Å². The molecule has 1 aliphatic rings. The maximum atomic E-state index is 5.60. The first-order valence-corrected chi connectivity index (χ1v) is 9.73. The van der Waals surface area contributed by atoms with Gasteiger partial charge in [0.25, 0.3) is 0 Å². The smallest absolute Gasteiger partial charge is 0.161 e. The van der Waals surface area contributed by atoms with Gasteiger partial charge in [-0.25, -0.2) is 0 Å². The lowest BCUT2D eigenvalue weighted by molar-refractivity contribution is 0.244. The predicted molar refractivity (Wildman–Crippen MR) is 108 cm³/mol. The number of fused-ring (bicyclic) bond motifs is 1. The highest BCUT2D eigenvalue weighted by Gasteiger charge is 2.38. The van der Waals surface area contributed by atoms with Crippen LogP contribution in [0.1, 0.15) is 51.2 Å². The van der Waals surface area contributed by atoms with Crippen LogP contribution in [-0.2, 0) is 5.41 Å². The molecule has 0 saturated carbocycles. The molecule has 1 N–H and O–H groups in total. The summed E-state index contributed by atoms with van der Waals surface area (Å²) >= 11 is 5.60. The minimum atomic E-state index is 0.0779. The van der Waals surface area contributed by atoms with Crippen LogP contribution in [0.4, 0.5) is 0 Å².